The Morgan fingerprint density at radius 2 is 1.72 bits per heavy atom. The van der Waals surface area contributed by atoms with Crippen LogP contribution in [0.25, 0.3) is 0 Å². The number of nitrogens with zero attached hydrogens (tertiary/aromatic N) is 2. The molecule has 0 aliphatic heterocycles. The molecule has 0 spiro atoms. The predicted molar refractivity (Wildman–Crippen MR) is 119 cm³/mol. The molecule has 1 rings (SSSR count). The summed E-state index contributed by atoms with van der Waals surface area (Å²) < 4.78 is 15.9. The van der Waals surface area contributed by atoms with Crippen molar-refractivity contribution in [3.05, 3.63) is 44.2 Å². The average Bonchev–Trinajstić information content (AvgIpc) is 2.70. The van der Waals surface area contributed by atoms with Gasteiger partial charge in [-0.25, -0.2) is 11.1 Å². The van der Waals surface area contributed by atoms with Crippen molar-refractivity contribution in [2.45, 2.75) is 33.7 Å². The molecule has 176 valence electrons. The molecule has 0 unspecified atom stereocenters. The predicted octanol–water partition coefficient (Wildman–Crippen LogP) is 3.81. The second-order valence-corrected chi connectivity index (χ2v) is 6.82. The van der Waals surface area contributed by atoms with Crippen LogP contribution in [0.2, 0.25) is 0 Å². The van der Waals surface area contributed by atoms with Crippen molar-refractivity contribution in [2.24, 2.45) is 5.92 Å². The molecule has 0 N–H and O–H groups in total. The van der Waals surface area contributed by atoms with E-state index in [2.05, 4.69) is 6.92 Å². The summed E-state index contributed by atoms with van der Waals surface area (Å²) in [5.41, 5.74) is 0. The first-order chi connectivity index (χ1) is 14.3. The average molecular weight is 897 g/mol. The second-order valence-electron chi connectivity index (χ2n) is 6.82. The van der Waals surface area contributed by atoms with Gasteiger partial charge < -0.3 is 35.7 Å². The molecular formula is C23H36N2O5U2. The zero-order valence-corrected chi connectivity index (χ0v) is 28.4. The molecule has 0 saturated heterocycles. The first-order valence-electron chi connectivity index (χ1n) is 10.0. The Hall–Kier alpha value is -0.176. The number of carbonyl (C=O) groups excluding carboxylic acids is 2. The molecule has 1 aromatic rings. The smallest absolute Gasteiger partial charge is 0.621 e. The van der Waals surface area contributed by atoms with Gasteiger partial charge in [0.1, 0.15) is 0 Å². The fourth-order valence-corrected chi connectivity index (χ4v) is 2.47. The summed E-state index contributed by atoms with van der Waals surface area (Å²) in [6.07, 6.45) is 3.40. The molecule has 0 radical (unpaired) electrons. The maximum atomic E-state index is 11.5. The Morgan fingerprint density at radius 3 is 2.09 bits per heavy atom. The van der Waals surface area contributed by atoms with E-state index in [1.54, 1.807) is 6.92 Å². The maximum absolute atomic E-state index is 11.5. The van der Waals surface area contributed by atoms with Gasteiger partial charge in [-0.2, -0.15) is 13.5 Å². The van der Waals surface area contributed by atoms with Crippen molar-refractivity contribution in [1.82, 2.24) is 9.80 Å². The van der Waals surface area contributed by atoms with E-state index in [4.69, 9.17) is 14.2 Å². The summed E-state index contributed by atoms with van der Waals surface area (Å²) in [6, 6.07) is 7.43. The van der Waals surface area contributed by atoms with Gasteiger partial charge in [-0.05, 0) is 39.8 Å². The molecule has 0 aromatic heterocycles. The van der Waals surface area contributed by atoms with Crippen molar-refractivity contribution in [3.63, 3.8) is 0 Å². The third-order valence-corrected chi connectivity index (χ3v) is 3.91. The third-order valence-electron chi connectivity index (χ3n) is 3.91. The minimum Gasteiger partial charge on any atom is -0.621 e. The van der Waals surface area contributed by atoms with Crippen LogP contribution in [0.5, 0.6) is 11.5 Å². The van der Waals surface area contributed by atoms with Crippen molar-refractivity contribution in [1.29, 1.82) is 0 Å². The van der Waals surface area contributed by atoms with Gasteiger partial charge in [0.05, 0.1) is 6.61 Å². The van der Waals surface area contributed by atoms with Gasteiger partial charge in [-0.1, -0.05) is 37.9 Å². The first-order valence-corrected chi connectivity index (χ1v) is 10.0. The number of amides is 1. The van der Waals surface area contributed by atoms with Crippen LogP contribution < -0.4 is 9.47 Å². The Kier molecular flexibility index (Phi) is 25.7. The van der Waals surface area contributed by atoms with Gasteiger partial charge in [0, 0.05) is 0 Å². The number of carbonyl (C=O) groups is 1. The van der Waals surface area contributed by atoms with E-state index >= 15 is 0 Å². The molecule has 1 amide bonds. The van der Waals surface area contributed by atoms with E-state index in [9.17, 15) is 9.59 Å². The normalized spacial score (nSPS) is 10.7. The molecule has 0 heterocycles. The van der Waals surface area contributed by atoms with E-state index in [0.717, 1.165) is 0 Å². The summed E-state index contributed by atoms with van der Waals surface area (Å²) in [5, 5.41) is 0. The molecule has 0 aliphatic carbocycles. The van der Waals surface area contributed by atoms with Gasteiger partial charge in [-0.3, -0.25) is 6.42 Å². The summed E-state index contributed by atoms with van der Waals surface area (Å²) in [5.74, 6) is 1.75. The van der Waals surface area contributed by atoms with Crippen LogP contribution in [0.15, 0.2) is 24.3 Å². The van der Waals surface area contributed by atoms with Gasteiger partial charge in [0.2, 0.25) is 0 Å². The van der Waals surface area contributed by atoms with E-state index in [-0.39, 0.29) is 68.3 Å². The Morgan fingerprint density at radius 1 is 1.16 bits per heavy atom. The van der Waals surface area contributed by atoms with Crippen LogP contribution in [0, 0.1) is 88.1 Å². The number of likely N-dealkylation sites (N-methyl/N-ethyl adjacent to an activating group) is 1. The van der Waals surface area contributed by atoms with Crippen molar-refractivity contribution in [2.75, 3.05) is 40.4 Å². The number of ether oxygens (including phenoxy) is 3. The number of para-hydroxylation sites is 2. The largest absolute Gasteiger partial charge is 2.00 e. The summed E-state index contributed by atoms with van der Waals surface area (Å²) in [7, 11) is 3.77. The van der Waals surface area contributed by atoms with Crippen molar-refractivity contribution < 1.29 is 86.0 Å². The minimum absolute atomic E-state index is 0. The topological polar surface area (TPSA) is 68.3 Å². The van der Waals surface area contributed by atoms with Crippen LogP contribution in [0.3, 0.4) is 0 Å². The van der Waals surface area contributed by atoms with E-state index in [1.165, 1.54) is 11.5 Å². The quantitative estimate of drug-likeness (QED) is 0.235. The molecule has 7 nitrogen and oxygen atoms in total. The zero-order chi connectivity index (χ0) is 22.9. The van der Waals surface area contributed by atoms with Gasteiger partial charge in [0.25, 0.3) is 0 Å². The van der Waals surface area contributed by atoms with Crippen LogP contribution in [0.4, 0.5) is 4.79 Å². The molecule has 32 heavy (non-hydrogen) atoms. The van der Waals surface area contributed by atoms with Gasteiger partial charge >= 0.3 is 68.3 Å². The fourth-order valence-electron chi connectivity index (χ4n) is 2.47. The van der Waals surface area contributed by atoms with Gasteiger partial charge in [0.15, 0.2) is 11.5 Å². The summed E-state index contributed by atoms with van der Waals surface area (Å²) in [4.78, 5) is 25.1. The Balaban J connectivity index is -0.000000655. The number of hydrogen-bond acceptors (Lipinski definition) is 6. The molecule has 1 aromatic carbocycles. The van der Waals surface area contributed by atoms with Gasteiger partial charge in [-0.15, -0.1) is 13.1 Å². The van der Waals surface area contributed by atoms with Crippen LogP contribution in [-0.4, -0.2) is 68.6 Å². The fraction of sp³-hybridized carbons (Fsp3) is 0.522. The molecule has 0 bridgehead atoms. The Labute approximate surface area is 242 Å². The van der Waals surface area contributed by atoms with E-state index in [0.29, 0.717) is 43.7 Å². The van der Waals surface area contributed by atoms with Crippen molar-refractivity contribution in [3.8, 4) is 11.5 Å². The first kappa shape index (κ1) is 36.4. The monoisotopic (exact) mass is 896 g/mol. The number of rotatable bonds is 12. The zero-order valence-electron chi connectivity index (χ0n) is 20.1. The standard InChI is InChI=1S/C16H22NO4.C7H14NO.2U/c1-4-17(16(18)20-6-3)12-9-13-21-15-11-8-7-10-14(15)19-5-2;1-6(2)7(5-9)8(3)4;;/h6-11H,1,4-5,12-13H2,2-3H3;6-7H,1-4H3;;/q-3;-1;2*+2/t;7-;;/m.1../s1. The molecule has 0 aliphatic rings. The third kappa shape index (κ3) is 15.6. The van der Waals surface area contributed by atoms with E-state index in [1.807, 2.05) is 76.7 Å². The van der Waals surface area contributed by atoms with Crippen LogP contribution in [0.1, 0.15) is 27.7 Å². The second kappa shape index (κ2) is 22.6. The summed E-state index contributed by atoms with van der Waals surface area (Å²) in [6.45, 7) is 14.3. The van der Waals surface area contributed by atoms with Crippen LogP contribution >= 0.6 is 0 Å². The Bertz CT molecular complexity index is 596. The van der Waals surface area contributed by atoms with Crippen LogP contribution in [-0.2, 0) is 9.53 Å². The molecular weight excluding hydrogens is 860 g/mol. The molecule has 9 heteroatoms. The number of benzene rings is 1. The number of hydrogen-bond donors (Lipinski definition) is 0. The minimum atomic E-state index is -0.418. The maximum Gasteiger partial charge on any atom is 2.00 e. The molecule has 0 fully saturated rings. The SMILES string of the molecule is CC(C)[C@@H]([C-]=O)N(C)C.[CH2-]CN(C[CH-]COc1ccccc1OCC)C(=O)O[CH-]C.[U+2].[U+2]. The van der Waals surface area contributed by atoms with E-state index < -0.39 is 6.09 Å². The van der Waals surface area contributed by atoms with Crippen molar-refractivity contribution >= 4 is 12.4 Å². The molecule has 1 atom stereocenters. The summed E-state index contributed by atoms with van der Waals surface area (Å²) >= 11 is 0. The molecule has 0 saturated carbocycles.